The molecule has 0 aliphatic carbocycles. The van der Waals surface area contributed by atoms with Crippen LogP contribution in [0.25, 0.3) is 0 Å². The van der Waals surface area contributed by atoms with Crippen molar-refractivity contribution in [3.8, 4) is 0 Å². The second kappa shape index (κ2) is 5.76. The molecule has 0 unspecified atom stereocenters. The van der Waals surface area contributed by atoms with Crippen LogP contribution in [0.15, 0.2) is 23.3 Å². The third-order valence-electron chi connectivity index (χ3n) is 1.50. The monoisotopic (exact) mass is 166 g/mol. The second-order valence-corrected chi connectivity index (χ2v) is 3.23. The van der Waals surface area contributed by atoms with Gasteiger partial charge in [-0.2, -0.15) is 0 Å². The summed E-state index contributed by atoms with van der Waals surface area (Å²) in [4.78, 5) is 11.1. The van der Waals surface area contributed by atoms with Crippen molar-refractivity contribution >= 4 is 5.78 Å². The Hall–Kier alpha value is -0.850. The summed E-state index contributed by atoms with van der Waals surface area (Å²) < 4.78 is 0. The zero-order valence-electron chi connectivity index (χ0n) is 8.48. The zero-order valence-corrected chi connectivity index (χ0v) is 8.48. The van der Waals surface area contributed by atoms with Gasteiger partial charge >= 0.3 is 0 Å². The Kier molecular flexibility index (Phi) is 5.35. The van der Waals surface area contributed by atoms with Crippen molar-refractivity contribution < 1.29 is 4.79 Å². The summed E-state index contributed by atoms with van der Waals surface area (Å²) in [5, 5.41) is 0. The molecule has 0 bridgehead atoms. The van der Waals surface area contributed by atoms with Gasteiger partial charge in [0.1, 0.15) is 0 Å². The van der Waals surface area contributed by atoms with E-state index in [1.165, 1.54) is 5.57 Å². The van der Waals surface area contributed by atoms with Crippen LogP contribution in [0.2, 0.25) is 0 Å². The van der Waals surface area contributed by atoms with Gasteiger partial charge in [0.05, 0.1) is 0 Å². The molecule has 0 saturated heterocycles. The van der Waals surface area contributed by atoms with Gasteiger partial charge in [-0.25, -0.2) is 0 Å². The molecule has 0 aliphatic rings. The Morgan fingerprint density at radius 2 is 1.83 bits per heavy atom. The Balaban J connectivity index is 4.44. The fraction of sp³-hybridized carbons (Fsp3) is 0.545. The van der Waals surface area contributed by atoms with Crippen LogP contribution in [0.4, 0.5) is 0 Å². The Labute approximate surface area is 75.2 Å². The van der Waals surface area contributed by atoms with Gasteiger partial charge in [-0.15, -0.1) is 0 Å². The number of Topliss-reactive ketones (excluding diaryl/α,β-unsaturated/α-hetero) is 1. The minimum absolute atomic E-state index is 0.157. The molecule has 0 rings (SSSR count). The summed E-state index contributed by atoms with van der Waals surface area (Å²) in [5.74, 6) is 0.157. The lowest BCUT2D eigenvalue weighted by Crippen LogP contribution is -1.93. The summed E-state index contributed by atoms with van der Waals surface area (Å²) in [6.07, 6.45) is 6.03. The first-order valence-corrected chi connectivity index (χ1v) is 4.44. The first-order valence-electron chi connectivity index (χ1n) is 4.44. The Morgan fingerprint density at radius 1 is 1.25 bits per heavy atom. The highest BCUT2D eigenvalue weighted by atomic mass is 16.1. The van der Waals surface area contributed by atoms with Gasteiger partial charge in [0.2, 0.25) is 0 Å². The molecule has 12 heavy (non-hydrogen) atoms. The third-order valence-corrected chi connectivity index (χ3v) is 1.50. The number of allylic oxidation sites excluding steroid dienone is 4. The number of ketones is 1. The number of carbonyl (C=O) groups is 1. The molecule has 1 heteroatoms. The van der Waals surface area contributed by atoms with Gasteiger partial charge < -0.3 is 0 Å². The maximum absolute atomic E-state index is 11.1. The topological polar surface area (TPSA) is 17.1 Å². The summed E-state index contributed by atoms with van der Waals surface area (Å²) in [6.45, 7) is 7.73. The van der Waals surface area contributed by atoms with Crippen LogP contribution in [-0.4, -0.2) is 5.78 Å². The van der Waals surface area contributed by atoms with E-state index in [1.54, 1.807) is 6.92 Å². The van der Waals surface area contributed by atoms with Crippen LogP contribution in [0.1, 0.15) is 40.5 Å². The number of unbranched alkanes of at least 4 members (excludes halogenated alkanes) is 1. The van der Waals surface area contributed by atoms with E-state index in [-0.39, 0.29) is 5.78 Å². The SMILES string of the molecule is CCC/C=C(\C=C(C)C)C(C)=O. The maximum Gasteiger partial charge on any atom is 0.159 e. The van der Waals surface area contributed by atoms with Crippen molar-refractivity contribution in [3.63, 3.8) is 0 Å². The van der Waals surface area contributed by atoms with Crippen LogP contribution in [0, 0.1) is 0 Å². The van der Waals surface area contributed by atoms with Gasteiger partial charge in [0.25, 0.3) is 0 Å². The summed E-state index contributed by atoms with van der Waals surface area (Å²) in [5.41, 5.74) is 2.02. The molecule has 0 atom stereocenters. The average Bonchev–Trinajstić information content (AvgIpc) is 1.96. The van der Waals surface area contributed by atoms with E-state index in [4.69, 9.17) is 0 Å². The van der Waals surface area contributed by atoms with Crippen LogP contribution in [0.3, 0.4) is 0 Å². The van der Waals surface area contributed by atoms with Gasteiger partial charge in [0.15, 0.2) is 5.78 Å². The zero-order chi connectivity index (χ0) is 9.56. The van der Waals surface area contributed by atoms with Crippen LogP contribution >= 0.6 is 0 Å². The smallest absolute Gasteiger partial charge is 0.159 e. The Bertz CT molecular complexity index is 205. The molecule has 0 aromatic rings. The predicted molar refractivity (Wildman–Crippen MR) is 53.1 cm³/mol. The summed E-state index contributed by atoms with van der Waals surface area (Å²) >= 11 is 0. The highest BCUT2D eigenvalue weighted by Crippen LogP contribution is 2.05. The molecule has 1 nitrogen and oxygen atoms in total. The number of carbonyl (C=O) groups excluding carboxylic acids is 1. The summed E-state index contributed by atoms with van der Waals surface area (Å²) in [7, 11) is 0. The lowest BCUT2D eigenvalue weighted by atomic mass is 10.1. The Morgan fingerprint density at radius 3 is 2.17 bits per heavy atom. The largest absolute Gasteiger partial charge is 0.295 e. The van der Waals surface area contributed by atoms with Gasteiger partial charge in [-0.1, -0.05) is 31.1 Å². The minimum Gasteiger partial charge on any atom is -0.295 e. The molecule has 0 aromatic carbocycles. The molecule has 0 spiro atoms. The van der Waals surface area contributed by atoms with Gasteiger partial charge in [-0.3, -0.25) is 4.79 Å². The highest BCUT2D eigenvalue weighted by Gasteiger charge is 1.97. The third kappa shape index (κ3) is 4.89. The lowest BCUT2D eigenvalue weighted by molar-refractivity contribution is -0.113. The average molecular weight is 166 g/mol. The first-order chi connectivity index (χ1) is 5.57. The molecule has 0 saturated carbocycles. The molecule has 0 fully saturated rings. The number of hydrogen-bond acceptors (Lipinski definition) is 1. The van der Waals surface area contributed by atoms with E-state index in [0.29, 0.717) is 0 Å². The normalized spacial score (nSPS) is 11.2. The van der Waals surface area contributed by atoms with E-state index >= 15 is 0 Å². The summed E-state index contributed by atoms with van der Waals surface area (Å²) in [6, 6.07) is 0. The fourth-order valence-corrected chi connectivity index (χ4v) is 0.915. The van der Waals surface area contributed by atoms with Crippen LogP contribution < -0.4 is 0 Å². The lowest BCUT2D eigenvalue weighted by Gasteiger charge is -1.97. The van der Waals surface area contributed by atoms with E-state index in [0.717, 1.165) is 18.4 Å². The quantitative estimate of drug-likeness (QED) is 0.462. The molecule has 68 valence electrons. The first kappa shape index (κ1) is 11.2. The molecule has 0 amide bonds. The van der Waals surface area contributed by atoms with Crippen molar-refractivity contribution in [2.45, 2.75) is 40.5 Å². The molecule has 0 radical (unpaired) electrons. The van der Waals surface area contributed by atoms with Crippen molar-refractivity contribution in [2.75, 3.05) is 0 Å². The van der Waals surface area contributed by atoms with Crippen molar-refractivity contribution in [1.29, 1.82) is 0 Å². The predicted octanol–water partition coefficient (Wildman–Crippen LogP) is 3.27. The van der Waals surface area contributed by atoms with Crippen molar-refractivity contribution in [2.24, 2.45) is 0 Å². The van der Waals surface area contributed by atoms with E-state index in [9.17, 15) is 4.79 Å². The van der Waals surface area contributed by atoms with Gasteiger partial charge in [-0.05, 0) is 27.2 Å². The minimum atomic E-state index is 0.157. The van der Waals surface area contributed by atoms with Crippen LogP contribution in [-0.2, 0) is 4.79 Å². The van der Waals surface area contributed by atoms with E-state index in [2.05, 4.69) is 6.92 Å². The van der Waals surface area contributed by atoms with E-state index < -0.39 is 0 Å². The standard InChI is InChI=1S/C11H18O/c1-5-6-7-11(10(4)12)8-9(2)3/h7-8H,5-6H2,1-4H3/b11-7+. The van der Waals surface area contributed by atoms with Crippen molar-refractivity contribution in [1.82, 2.24) is 0 Å². The van der Waals surface area contributed by atoms with Gasteiger partial charge in [0, 0.05) is 5.57 Å². The van der Waals surface area contributed by atoms with E-state index in [1.807, 2.05) is 26.0 Å². The number of rotatable bonds is 4. The number of hydrogen-bond donors (Lipinski definition) is 0. The highest BCUT2D eigenvalue weighted by molar-refractivity contribution is 5.96. The molecular formula is C11H18O. The maximum atomic E-state index is 11.1. The molecule has 0 aromatic heterocycles. The second-order valence-electron chi connectivity index (χ2n) is 3.23. The molecule has 0 heterocycles. The molecule has 0 aliphatic heterocycles. The van der Waals surface area contributed by atoms with Crippen molar-refractivity contribution in [3.05, 3.63) is 23.3 Å². The van der Waals surface area contributed by atoms with Crippen LogP contribution in [0.5, 0.6) is 0 Å². The molecule has 0 N–H and O–H groups in total. The fourth-order valence-electron chi connectivity index (χ4n) is 0.915. The molecular weight excluding hydrogens is 148 g/mol.